The molecule has 0 radical (unpaired) electrons. The molecule has 2 amide bonds. The van der Waals surface area contributed by atoms with Crippen LogP contribution in [-0.2, 0) is 14.3 Å². The van der Waals surface area contributed by atoms with E-state index in [-0.39, 0.29) is 23.8 Å². The van der Waals surface area contributed by atoms with Gasteiger partial charge < -0.3 is 15.8 Å². The zero-order chi connectivity index (χ0) is 13.7. The molecule has 0 aromatic rings. The van der Waals surface area contributed by atoms with Crippen LogP contribution >= 0.6 is 0 Å². The van der Waals surface area contributed by atoms with Crippen molar-refractivity contribution in [1.29, 1.82) is 0 Å². The van der Waals surface area contributed by atoms with Gasteiger partial charge in [-0.1, -0.05) is 0 Å². The number of ether oxygens (including phenoxy) is 1. The summed E-state index contributed by atoms with van der Waals surface area (Å²) in [4.78, 5) is 24.9. The minimum absolute atomic E-state index is 0.0220. The van der Waals surface area contributed by atoms with Crippen LogP contribution in [0.5, 0.6) is 0 Å². The maximum atomic E-state index is 11.8. The summed E-state index contributed by atoms with van der Waals surface area (Å²) in [6.07, 6.45) is 3.82. The first kappa shape index (κ1) is 14.3. The van der Waals surface area contributed by atoms with Crippen molar-refractivity contribution in [2.75, 3.05) is 32.8 Å². The number of piperidine rings is 1. The van der Waals surface area contributed by atoms with Crippen molar-refractivity contribution < 1.29 is 14.3 Å². The molecule has 2 rings (SSSR count). The van der Waals surface area contributed by atoms with E-state index >= 15 is 0 Å². The summed E-state index contributed by atoms with van der Waals surface area (Å²) < 4.78 is 5.45. The number of amides is 2. The van der Waals surface area contributed by atoms with Crippen LogP contribution < -0.4 is 11.1 Å². The van der Waals surface area contributed by atoms with Crippen LogP contribution in [-0.4, -0.2) is 55.6 Å². The van der Waals surface area contributed by atoms with Gasteiger partial charge in [-0.05, 0) is 38.8 Å². The highest BCUT2D eigenvalue weighted by atomic mass is 16.5. The van der Waals surface area contributed by atoms with Crippen molar-refractivity contribution in [2.24, 2.45) is 11.7 Å². The third-order valence-corrected chi connectivity index (χ3v) is 3.91. The number of hydrogen-bond acceptors (Lipinski definition) is 4. The molecule has 0 spiro atoms. The Hall–Kier alpha value is -1.14. The predicted molar refractivity (Wildman–Crippen MR) is 70.3 cm³/mol. The number of nitrogens with one attached hydrogen (secondary N) is 1. The highest BCUT2D eigenvalue weighted by Gasteiger charge is 2.24. The largest absolute Gasteiger partial charge is 0.376 e. The summed E-state index contributed by atoms with van der Waals surface area (Å²) in [6.45, 7) is 3.35. The van der Waals surface area contributed by atoms with E-state index in [9.17, 15) is 9.59 Å². The van der Waals surface area contributed by atoms with Crippen LogP contribution in [0.4, 0.5) is 0 Å². The van der Waals surface area contributed by atoms with Crippen LogP contribution in [0.1, 0.15) is 25.7 Å². The highest BCUT2D eigenvalue weighted by Crippen LogP contribution is 2.16. The molecule has 0 aliphatic carbocycles. The lowest BCUT2D eigenvalue weighted by molar-refractivity contribution is -0.124. The molecule has 0 aromatic heterocycles. The predicted octanol–water partition coefficient (Wildman–Crippen LogP) is -0.521. The number of carbonyl (C=O) groups is 2. The van der Waals surface area contributed by atoms with E-state index in [1.54, 1.807) is 0 Å². The molecule has 19 heavy (non-hydrogen) atoms. The number of likely N-dealkylation sites (tertiary alicyclic amines) is 1. The molecule has 0 saturated carbocycles. The summed E-state index contributed by atoms with van der Waals surface area (Å²) in [5.74, 6) is -0.207. The van der Waals surface area contributed by atoms with Crippen LogP contribution in [0.2, 0.25) is 0 Å². The Labute approximate surface area is 113 Å². The van der Waals surface area contributed by atoms with Gasteiger partial charge in [-0.2, -0.15) is 0 Å². The molecule has 2 aliphatic heterocycles. The second-order valence-corrected chi connectivity index (χ2v) is 5.39. The lowest BCUT2D eigenvalue weighted by atomic mass is 9.96. The second-order valence-electron chi connectivity index (χ2n) is 5.39. The van der Waals surface area contributed by atoms with E-state index in [4.69, 9.17) is 10.5 Å². The molecule has 0 aromatic carbocycles. The summed E-state index contributed by atoms with van der Waals surface area (Å²) in [6, 6.07) is 0. The monoisotopic (exact) mass is 269 g/mol. The molecule has 1 unspecified atom stereocenters. The zero-order valence-corrected chi connectivity index (χ0v) is 11.3. The van der Waals surface area contributed by atoms with Gasteiger partial charge in [0.1, 0.15) is 0 Å². The number of hydrogen-bond donors (Lipinski definition) is 2. The average molecular weight is 269 g/mol. The number of nitrogens with zero attached hydrogens (tertiary/aromatic N) is 1. The summed E-state index contributed by atoms with van der Waals surface area (Å²) >= 11 is 0. The fraction of sp³-hybridized carbons (Fsp3) is 0.846. The molecule has 6 heteroatoms. The summed E-state index contributed by atoms with van der Waals surface area (Å²) in [5.41, 5.74) is 5.28. The van der Waals surface area contributed by atoms with Gasteiger partial charge in [-0.3, -0.25) is 14.5 Å². The average Bonchev–Trinajstić information content (AvgIpc) is 2.90. The number of carbonyl (C=O) groups excluding carboxylic acids is 2. The Morgan fingerprint density at radius 2 is 2.00 bits per heavy atom. The van der Waals surface area contributed by atoms with Gasteiger partial charge in [-0.25, -0.2) is 0 Å². The standard InChI is InChI=1S/C13H23N3O3/c14-13(18)10-3-5-16(6-4-10)9-12(17)15-8-11-2-1-7-19-11/h10-11H,1-9H2,(H2,14,18)(H,15,17). The van der Waals surface area contributed by atoms with Crippen LogP contribution in [0.25, 0.3) is 0 Å². The molecule has 1 atom stereocenters. The maximum absolute atomic E-state index is 11.8. The Morgan fingerprint density at radius 1 is 1.26 bits per heavy atom. The zero-order valence-electron chi connectivity index (χ0n) is 11.3. The first-order chi connectivity index (χ1) is 9.15. The molecule has 3 N–H and O–H groups in total. The first-order valence-electron chi connectivity index (χ1n) is 7.05. The normalized spacial score (nSPS) is 25.4. The van der Waals surface area contributed by atoms with Gasteiger partial charge in [0, 0.05) is 19.1 Å². The van der Waals surface area contributed by atoms with Crippen molar-refractivity contribution in [3.63, 3.8) is 0 Å². The van der Waals surface area contributed by atoms with Crippen molar-refractivity contribution in [2.45, 2.75) is 31.8 Å². The number of primary amides is 1. The third-order valence-electron chi connectivity index (χ3n) is 3.91. The van der Waals surface area contributed by atoms with Gasteiger partial charge in [0.25, 0.3) is 0 Å². The fourth-order valence-electron chi connectivity index (χ4n) is 2.67. The molecule has 2 heterocycles. The first-order valence-corrected chi connectivity index (χ1v) is 7.05. The van der Waals surface area contributed by atoms with Gasteiger partial charge in [0.05, 0.1) is 12.6 Å². The van der Waals surface area contributed by atoms with Crippen LogP contribution in [0, 0.1) is 5.92 Å². The molecular formula is C13H23N3O3. The van der Waals surface area contributed by atoms with Gasteiger partial charge in [-0.15, -0.1) is 0 Å². The van der Waals surface area contributed by atoms with E-state index in [0.29, 0.717) is 13.1 Å². The Kier molecular flexibility index (Phi) is 5.15. The Morgan fingerprint density at radius 3 is 2.58 bits per heavy atom. The minimum atomic E-state index is -0.220. The second kappa shape index (κ2) is 6.86. The molecule has 6 nitrogen and oxygen atoms in total. The number of rotatable bonds is 5. The smallest absolute Gasteiger partial charge is 0.234 e. The highest BCUT2D eigenvalue weighted by molar-refractivity contribution is 5.78. The molecule has 0 bridgehead atoms. The fourth-order valence-corrected chi connectivity index (χ4v) is 2.67. The molecule has 108 valence electrons. The van der Waals surface area contributed by atoms with Crippen LogP contribution in [0.3, 0.4) is 0 Å². The molecule has 2 fully saturated rings. The number of nitrogens with two attached hydrogens (primary N) is 1. The van der Waals surface area contributed by atoms with E-state index in [2.05, 4.69) is 10.2 Å². The van der Waals surface area contributed by atoms with Gasteiger partial charge >= 0.3 is 0 Å². The molecular weight excluding hydrogens is 246 g/mol. The quantitative estimate of drug-likeness (QED) is 0.703. The maximum Gasteiger partial charge on any atom is 0.234 e. The molecule has 2 aliphatic rings. The van der Waals surface area contributed by atoms with Crippen molar-refractivity contribution >= 4 is 11.8 Å². The third kappa shape index (κ3) is 4.47. The summed E-state index contributed by atoms with van der Waals surface area (Å²) in [7, 11) is 0. The van der Waals surface area contributed by atoms with Crippen molar-refractivity contribution in [3.05, 3.63) is 0 Å². The van der Waals surface area contributed by atoms with Gasteiger partial charge in [0.15, 0.2) is 0 Å². The van der Waals surface area contributed by atoms with E-state index in [1.807, 2.05) is 0 Å². The van der Waals surface area contributed by atoms with E-state index < -0.39 is 0 Å². The topological polar surface area (TPSA) is 84.7 Å². The van der Waals surface area contributed by atoms with Crippen molar-refractivity contribution in [1.82, 2.24) is 10.2 Å². The molecule has 2 saturated heterocycles. The Bertz CT molecular complexity index is 321. The lowest BCUT2D eigenvalue weighted by Crippen LogP contribution is -2.44. The van der Waals surface area contributed by atoms with Gasteiger partial charge in [0.2, 0.25) is 11.8 Å². The van der Waals surface area contributed by atoms with E-state index in [0.717, 1.165) is 45.4 Å². The van der Waals surface area contributed by atoms with E-state index in [1.165, 1.54) is 0 Å². The lowest BCUT2D eigenvalue weighted by Gasteiger charge is -2.29. The minimum Gasteiger partial charge on any atom is -0.376 e. The SMILES string of the molecule is NC(=O)C1CCN(CC(=O)NCC2CCCO2)CC1. The Balaban J connectivity index is 1.61. The van der Waals surface area contributed by atoms with Crippen molar-refractivity contribution in [3.8, 4) is 0 Å². The van der Waals surface area contributed by atoms with Crippen LogP contribution in [0.15, 0.2) is 0 Å². The summed E-state index contributed by atoms with van der Waals surface area (Å²) in [5, 5.41) is 2.91.